The Morgan fingerprint density at radius 1 is 1.22 bits per heavy atom. The number of hydrogen-bond acceptors (Lipinski definition) is 6. The molecule has 0 saturated carbocycles. The average molecular weight is 536 g/mol. The molecule has 3 rings (SSSR count). The standard InChI is InChI=1S/C27H42ClN5O4/c1-4-21(26(34)31-12-15-36-16-13-31)17-22(18-29)33(19-20(2)3)27(35)25-30-23-9-5-6-10-24(23)32(25)11-7-8-14-37-28/h5-6,9-10,20-22H,4,7-8,11-19,29H2,1-3H3/t21?,22-/m0/s1. The lowest BCUT2D eigenvalue weighted by molar-refractivity contribution is -0.140. The molecule has 206 valence electrons. The maximum absolute atomic E-state index is 14.1. The molecule has 37 heavy (non-hydrogen) atoms. The molecule has 2 atom stereocenters. The number of nitrogens with two attached hydrogens (primary N) is 1. The number of aromatic nitrogens is 2. The van der Waals surface area contributed by atoms with Crippen LogP contribution in [0, 0.1) is 11.8 Å². The largest absolute Gasteiger partial charge is 0.378 e. The zero-order valence-corrected chi connectivity index (χ0v) is 23.2. The number of benzene rings is 1. The van der Waals surface area contributed by atoms with Crippen molar-refractivity contribution in [1.82, 2.24) is 19.4 Å². The number of imidazole rings is 1. The second-order valence-corrected chi connectivity index (χ2v) is 10.3. The molecule has 2 heterocycles. The Bertz CT molecular complexity index is 1010. The minimum absolute atomic E-state index is 0.120. The molecule has 9 nitrogen and oxygen atoms in total. The second-order valence-electron chi connectivity index (χ2n) is 10.1. The van der Waals surface area contributed by atoms with E-state index in [2.05, 4.69) is 18.1 Å². The highest BCUT2D eigenvalue weighted by atomic mass is 35.5. The summed E-state index contributed by atoms with van der Waals surface area (Å²) in [6.45, 7) is 10.4. The number of ether oxygens (including phenoxy) is 1. The van der Waals surface area contributed by atoms with Gasteiger partial charge in [0.15, 0.2) is 5.82 Å². The maximum Gasteiger partial charge on any atom is 0.290 e. The van der Waals surface area contributed by atoms with E-state index in [0.717, 1.165) is 23.9 Å². The van der Waals surface area contributed by atoms with E-state index in [9.17, 15) is 9.59 Å². The molecule has 0 spiro atoms. The summed E-state index contributed by atoms with van der Waals surface area (Å²) in [5.41, 5.74) is 7.98. The van der Waals surface area contributed by atoms with E-state index in [1.165, 1.54) is 0 Å². The van der Waals surface area contributed by atoms with Crippen LogP contribution >= 0.6 is 11.9 Å². The van der Waals surface area contributed by atoms with Gasteiger partial charge in [0.05, 0.1) is 42.7 Å². The van der Waals surface area contributed by atoms with Crippen molar-refractivity contribution in [2.75, 3.05) is 46.0 Å². The molecule has 2 aromatic rings. The van der Waals surface area contributed by atoms with Crippen LogP contribution in [0.4, 0.5) is 0 Å². The molecule has 2 N–H and O–H groups in total. The molecular formula is C27H42ClN5O4. The number of aryl methyl sites for hydroxylation is 1. The fourth-order valence-electron chi connectivity index (χ4n) is 4.97. The lowest BCUT2D eigenvalue weighted by atomic mass is 9.94. The van der Waals surface area contributed by atoms with E-state index in [0.29, 0.717) is 64.7 Å². The first kappa shape index (κ1) is 29.4. The Morgan fingerprint density at radius 2 is 1.95 bits per heavy atom. The summed E-state index contributed by atoms with van der Waals surface area (Å²) in [6, 6.07) is 7.51. The minimum atomic E-state index is -0.275. The molecule has 2 amide bonds. The van der Waals surface area contributed by atoms with E-state index in [1.807, 2.05) is 45.6 Å². The fraction of sp³-hybridized carbons (Fsp3) is 0.667. The Balaban J connectivity index is 1.88. The van der Waals surface area contributed by atoms with Crippen molar-refractivity contribution in [3.63, 3.8) is 0 Å². The van der Waals surface area contributed by atoms with E-state index < -0.39 is 0 Å². The third-order valence-electron chi connectivity index (χ3n) is 6.96. The van der Waals surface area contributed by atoms with Gasteiger partial charge in [0.25, 0.3) is 5.91 Å². The lowest BCUT2D eigenvalue weighted by Crippen LogP contribution is -2.50. The quantitative estimate of drug-likeness (QED) is 0.370. The number of halogens is 1. The first-order chi connectivity index (χ1) is 17.9. The zero-order chi connectivity index (χ0) is 26.8. The van der Waals surface area contributed by atoms with Gasteiger partial charge in [-0.05, 0) is 43.7 Å². The van der Waals surface area contributed by atoms with Crippen LogP contribution in [0.1, 0.15) is 57.1 Å². The molecule has 1 aromatic carbocycles. The van der Waals surface area contributed by atoms with E-state index in [4.69, 9.17) is 27.3 Å². The molecular weight excluding hydrogens is 494 g/mol. The van der Waals surface area contributed by atoms with Crippen LogP contribution in [0.2, 0.25) is 0 Å². The van der Waals surface area contributed by atoms with Crippen molar-refractivity contribution in [3.05, 3.63) is 30.1 Å². The van der Waals surface area contributed by atoms with Gasteiger partial charge >= 0.3 is 0 Å². The average Bonchev–Trinajstić information content (AvgIpc) is 3.29. The monoisotopic (exact) mass is 535 g/mol. The normalized spacial score (nSPS) is 15.8. The smallest absolute Gasteiger partial charge is 0.290 e. The Morgan fingerprint density at radius 3 is 2.59 bits per heavy atom. The number of hydrogen-bond donors (Lipinski definition) is 1. The van der Waals surface area contributed by atoms with Crippen molar-refractivity contribution < 1.29 is 18.6 Å². The number of fused-ring (bicyclic) bond motifs is 1. The SMILES string of the molecule is CCC(C[C@@H](CN)N(CC(C)C)C(=O)c1nc2ccccc2n1CCCCOCl)C(=O)N1CCOCC1. The summed E-state index contributed by atoms with van der Waals surface area (Å²) in [4.78, 5) is 35.9. The van der Waals surface area contributed by atoms with E-state index >= 15 is 0 Å². The summed E-state index contributed by atoms with van der Waals surface area (Å²) >= 11 is 5.38. The van der Waals surface area contributed by atoms with Crippen LogP contribution in [-0.4, -0.2) is 83.2 Å². The van der Waals surface area contributed by atoms with Gasteiger partial charge in [-0.25, -0.2) is 4.98 Å². The predicted molar refractivity (Wildman–Crippen MR) is 145 cm³/mol. The van der Waals surface area contributed by atoms with Gasteiger partial charge in [0.2, 0.25) is 5.91 Å². The van der Waals surface area contributed by atoms with Crippen molar-refractivity contribution in [3.8, 4) is 0 Å². The topological polar surface area (TPSA) is 103 Å². The molecule has 1 unspecified atom stereocenters. The van der Waals surface area contributed by atoms with Crippen molar-refractivity contribution in [2.24, 2.45) is 17.6 Å². The number of carbonyl (C=O) groups is 2. The summed E-state index contributed by atoms with van der Waals surface area (Å²) in [5.74, 6) is 0.396. The molecule has 1 aromatic heterocycles. The zero-order valence-electron chi connectivity index (χ0n) is 22.4. The summed E-state index contributed by atoms with van der Waals surface area (Å²) in [6.07, 6.45) is 2.78. The molecule has 0 bridgehead atoms. The maximum atomic E-state index is 14.1. The number of rotatable bonds is 14. The number of para-hydroxylation sites is 2. The van der Waals surface area contributed by atoms with Gasteiger partial charge < -0.3 is 24.8 Å². The first-order valence-corrected chi connectivity index (χ1v) is 13.8. The molecule has 1 aliphatic heterocycles. The Labute approximate surface area is 225 Å². The number of morpholine rings is 1. The number of nitrogens with zero attached hydrogens (tertiary/aromatic N) is 4. The molecule has 1 saturated heterocycles. The molecule has 0 aliphatic carbocycles. The van der Waals surface area contributed by atoms with Crippen molar-refractivity contribution in [2.45, 2.75) is 59.0 Å². The second kappa shape index (κ2) is 14.7. The predicted octanol–water partition coefficient (Wildman–Crippen LogP) is 3.69. The van der Waals surface area contributed by atoms with Gasteiger partial charge in [0.1, 0.15) is 0 Å². The van der Waals surface area contributed by atoms with Crippen molar-refractivity contribution >= 4 is 34.7 Å². The van der Waals surface area contributed by atoms with Gasteiger partial charge in [-0.15, -0.1) is 0 Å². The van der Waals surface area contributed by atoms with Crippen LogP contribution in [0.3, 0.4) is 0 Å². The lowest BCUT2D eigenvalue weighted by Gasteiger charge is -2.36. The third kappa shape index (κ3) is 7.66. The van der Waals surface area contributed by atoms with Gasteiger partial charge in [-0.2, -0.15) is 0 Å². The van der Waals surface area contributed by atoms with Crippen LogP contribution in [-0.2, 0) is 20.4 Å². The number of carbonyl (C=O) groups excluding carboxylic acids is 2. The Kier molecular flexibility index (Phi) is 11.6. The van der Waals surface area contributed by atoms with E-state index in [1.54, 1.807) is 0 Å². The molecule has 1 aliphatic rings. The fourth-order valence-corrected chi connectivity index (χ4v) is 5.08. The van der Waals surface area contributed by atoms with E-state index in [-0.39, 0.29) is 36.2 Å². The molecule has 1 fully saturated rings. The van der Waals surface area contributed by atoms with Gasteiger partial charge in [-0.3, -0.25) is 13.9 Å². The Hall–Kier alpha value is -2.20. The third-order valence-corrected chi connectivity index (χ3v) is 7.11. The van der Waals surface area contributed by atoms with Crippen molar-refractivity contribution in [1.29, 1.82) is 0 Å². The highest BCUT2D eigenvalue weighted by Crippen LogP contribution is 2.24. The summed E-state index contributed by atoms with van der Waals surface area (Å²) in [7, 11) is 0. The van der Waals surface area contributed by atoms with Crippen LogP contribution < -0.4 is 5.73 Å². The summed E-state index contributed by atoms with van der Waals surface area (Å²) < 4.78 is 12.1. The minimum Gasteiger partial charge on any atom is -0.378 e. The van der Waals surface area contributed by atoms with Crippen LogP contribution in [0.25, 0.3) is 11.0 Å². The molecule has 10 heteroatoms. The first-order valence-electron chi connectivity index (χ1n) is 13.5. The van der Waals surface area contributed by atoms with Gasteiger partial charge in [0, 0.05) is 44.7 Å². The number of amides is 2. The van der Waals surface area contributed by atoms with Crippen LogP contribution in [0.5, 0.6) is 0 Å². The van der Waals surface area contributed by atoms with Crippen LogP contribution in [0.15, 0.2) is 24.3 Å². The highest BCUT2D eigenvalue weighted by molar-refractivity contribution is 6.07. The number of unbranched alkanes of at least 4 members (excludes halogenated alkanes) is 1. The molecule has 0 radical (unpaired) electrons. The summed E-state index contributed by atoms with van der Waals surface area (Å²) in [5, 5.41) is 0. The van der Waals surface area contributed by atoms with Gasteiger partial charge in [-0.1, -0.05) is 32.9 Å². The highest BCUT2D eigenvalue weighted by Gasteiger charge is 2.33.